The van der Waals surface area contributed by atoms with E-state index in [1.54, 1.807) is 4.57 Å². The molecule has 29 heavy (non-hydrogen) atoms. The van der Waals surface area contributed by atoms with E-state index in [9.17, 15) is 9.59 Å². The van der Waals surface area contributed by atoms with Crippen LogP contribution in [0.3, 0.4) is 0 Å². The molecule has 150 valence electrons. The van der Waals surface area contributed by atoms with Gasteiger partial charge in [0.05, 0.1) is 16.6 Å². The molecule has 0 saturated carbocycles. The second kappa shape index (κ2) is 8.08. The van der Waals surface area contributed by atoms with Gasteiger partial charge in [-0.25, -0.2) is 9.97 Å². The molecule has 0 radical (unpaired) electrons. The van der Waals surface area contributed by atoms with E-state index >= 15 is 0 Å². The molecule has 0 amide bonds. The average Bonchev–Trinajstić information content (AvgIpc) is 3.06. The van der Waals surface area contributed by atoms with Crippen molar-refractivity contribution in [2.24, 2.45) is 5.92 Å². The van der Waals surface area contributed by atoms with Gasteiger partial charge in [0.15, 0.2) is 5.16 Å². The number of rotatable bonds is 6. The van der Waals surface area contributed by atoms with Crippen molar-refractivity contribution in [2.75, 3.05) is 0 Å². The van der Waals surface area contributed by atoms with Gasteiger partial charge in [-0.2, -0.15) is 9.61 Å². The van der Waals surface area contributed by atoms with Crippen molar-refractivity contribution in [3.8, 4) is 0 Å². The summed E-state index contributed by atoms with van der Waals surface area (Å²) in [6.45, 7) is 6.73. The lowest BCUT2D eigenvalue weighted by Gasteiger charge is -2.14. The Balaban J connectivity index is 1.70. The number of hydrogen-bond acceptors (Lipinski definition) is 7. The maximum atomic E-state index is 13.0. The molecule has 3 aromatic heterocycles. The summed E-state index contributed by atoms with van der Waals surface area (Å²) < 4.78 is 3.07. The summed E-state index contributed by atoms with van der Waals surface area (Å²) in [4.78, 5) is 35.2. The average molecular weight is 428 g/mol. The third-order valence-corrected chi connectivity index (χ3v) is 6.34. The molecule has 9 heteroatoms. The van der Waals surface area contributed by atoms with E-state index in [4.69, 9.17) is 4.98 Å². The highest BCUT2D eigenvalue weighted by atomic mass is 32.2. The highest BCUT2D eigenvalue weighted by Gasteiger charge is 2.14. The summed E-state index contributed by atoms with van der Waals surface area (Å²) >= 11 is 2.81. The van der Waals surface area contributed by atoms with Gasteiger partial charge in [-0.15, -0.1) is 0 Å². The number of aromatic nitrogens is 5. The predicted molar refractivity (Wildman–Crippen MR) is 117 cm³/mol. The van der Waals surface area contributed by atoms with Crippen molar-refractivity contribution >= 4 is 39.0 Å². The Labute approximate surface area is 175 Å². The predicted octanol–water partition coefficient (Wildman–Crippen LogP) is 3.51. The molecule has 3 heterocycles. The Bertz CT molecular complexity index is 1310. The first-order chi connectivity index (χ1) is 13.9. The monoisotopic (exact) mass is 427 g/mol. The zero-order valence-electron chi connectivity index (χ0n) is 16.5. The van der Waals surface area contributed by atoms with Crippen LogP contribution in [0.4, 0.5) is 0 Å². The number of benzene rings is 1. The van der Waals surface area contributed by atoms with Crippen LogP contribution in [-0.4, -0.2) is 24.1 Å². The van der Waals surface area contributed by atoms with Crippen LogP contribution in [0.5, 0.6) is 0 Å². The van der Waals surface area contributed by atoms with Gasteiger partial charge in [-0.3, -0.25) is 14.2 Å². The summed E-state index contributed by atoms with van der Waals surface area (Å²) in [6.07, 6.45) is 0.888. The number of aryl methyl sites for hydroxylation is 1. The molecule has 0 aliphatic rings. The first-order valence-corrected chi connectivity index (χ1v) is 11.2. The molecule has 1 aromatic carbocycles. The topological polar surface area (TPSA) is 82.2 Å². The summed E-state index contributed by atoms with van der Waals surface area (Å²) in [7, 11) is 0. The Morgan fingerprint density at radius 3 is 2.76 bits per heavy atom. The van der Waals surface area contributed by atoms with Gasteiger partial charge in [-0.05, 0) is 31.4 Å². The smallest absolute Gasteiger partial charge is 0.275 e. The summed E-state index contributed by atoms with van der Waals surface area (Å²) in [5.41, 5.74) is 1.11. The van der Waals surface area contributed by atoms with Gasteiger partial charge in [0, 0.05) is 18.4 Å². The zero-order valence-corrected chi connectivity index (χ0v) is 18.1. The summed E-state index contributed by atoms with van der Waals surface area (Å²) in [5, 5.41) is 6.23. The number of fused-ring (bicyclic) bond motifs is 2. The molecule has 0 spiro atoms. The maximum Gasteiger partial charge on any atom is 0.275 e. The zero-order chi connectivity index (χ0) is 20.5. The molecule has 0 atom stereocenters. The van der Waals surface area contributed by atoms with Crippen LogP contribution in [-0.2, 0) is 12.3 Å². The normalized spacial score (nSPS) is 11.7. The molecule has 4 aromatic rings. The molecule has 0 unspecified atom stereocenters. The fourth-order valence-electron chi connectivity index (χ4n) is 3.01. The van der Waals surface area contributed by atoms with Gasteiger partial charge in [0.25, 0.3) is 11.1 Å². The van der Waals surface area contributed by atoms with Gasteiger partial charge >= 0.3 is 0 Å². The minimum absolute atomic E-state index is 0.0275. The molecule has 4 rings (SSSR count). The number of para-hydroxylation sites is 1. The molecule has 7 nitrogen and oxygen atoms in total. The van der Waals surface area contributed by atoms with Gasteiger partial charge in [0.2, 0.25) is 4.96 Å². The van der Waals surface area contributed by atoms with Crippen LogP contribution < -0.4 is 11.1 Å². The van der Waals surface area contributed by atoms with E-state index in [0.29, 0.717) is 44.9 Å². The first-order valence-electron chi connectivity index (χ1n) is 9.41. The van der Waals surface area contributed by atoms with Crippen LogP contribution >= 0.6 is 23.1 Å². The molecule has 0 saturated heterocycles. The van der Waals surface area contributed by atoms with Crippen molar-refractivity contribution in [2.45, 2.75) is 44.6 Å². The van der Waals surface area contributed by atoms with Crippen LogP contribution in [0.1, 0.15) is 31.0 Å². The van der Waals surface area contributed by atoms with Crippen molar-refractivity contribution in [3.63, 3.8) is 0 Å². The lowest BCUT2D eigenvalue weighted by Crippen LogP contribution is -2.24. The van der Waals surface area contributed by atoms with Crippen molar-refractivity contribution in [1.82, 2.24) is 24.1 Å². The molecule has 0 aliphatic carbocycles. The maximum absolute atomic E-state index is 13.0. The second-order valence-corrected chi connectivity index (χ2v) is 9.34. The van der Waals surface area contributed by atoms with E-state index in [-0.39, 0.29) is 11.1 Å². The number of thioether (sulfide) groups is 1. The van der Waals surface area contributed by atoms with Gasteiger partial charge < -0.3 is 0 Å². The molecular weight excluding hydrogens is 406 g/mol. The quantitative estimate of drug-likeness (QED) is 0.346. The molecule has 0 fully saturated rings. The van der Waals surface area contributed by atoms with Crippen molar-refractivity contribution in [3.05, 3.63) is 61.7 Å². The minimum atomic E-state index is -0.196. The summed E-state index contributed by atoms with van der Waals surface area (Å²) in [6, 6.07) is 8.90. The lowest BCUT2D eigenvalue weighted by molar-refractivity contribution is 0.481. The van der Waals surface area contributed by atoms with E-state index < -0.39 is 0 Å². The number of nitrogens with zero attached hydrogens (tertiary/aromatic N) is 5. The third kappa shape index (κ3) is 4.11. The Morgan fingerprint density at radius 1 is 1.17 bits per heavy atom. The van der Waals surface area contributed by atoms with Crippen molar-refractivity contribution in [1.29, 1.82) is 0 Å². The summed E-state index contributed by atoms with van der Waals surface area (Å²) in [5.74, 6) is 0.930. The highest BCUT2D eigenvalue weighted by molar-refractivity contribution is 7.98. The Hall–Kier alpha value is -2.52. The van der Waals surface area contributed by atoms with Gasteiger partial charge in [0.1, 0.15) is 5.01 Å². The molecular formula is C20H21N5O2S2. The van der Waals surface area contributed by atoms with Crippen LogP contribution in [0, 0.1) is 12.8 Å². The first kappa shape index (κ1) is 19.8. The fourth-order valence-corrected chi connectivity index (χ4v) is 4.69. The fraction of sp³-hybridized carbons (Fsp3) is 0.350. The van der Waals surface area contributed by atoms with Gasteiger partial charge in [-0.1, -0.05) is 49.1 Å². The van der Waals surface area contributed by atoms with E-state index in [0.717, 1.165) is 11.4 Å². The highest BCUT2D eigenvalue weighted by Crippen LogP contribution is 2.22. The van der Waals surface area contributed by atoms with E-state index in [1.165, 1.54) is 33.7 Å². The SMILES string of the molecule is Cc1nn2c(=O)cc(CSc3nc4ccccc4c(=O)n3CCC(C)C)nc2s1. The second-order valence-electron chi connectivity index (χ2n) is 7.24. The van der Waals surface area contributed by atoms with E-state index in [2.05, 4.69) is 23.9 Å². The number of hydrogen-bond donors (Lipinski definition) is 0. The molecule has 0 N–H and O–H groups in total. The van der Waals surface area contributed by atoms with Crippen molar-refractivity contribution < 1.29 is 0 Å². The molecule has 0 aliphatic heterocycles. The lowest BCUT2D eigenvalue weighted by atomic mass is 10.1. The third-order valence-electron chi connectivity index (χ3n) is 4.50. The van der Waals surface area contributed by atoms with Crippen LogP contribution in [0.15, 0.2) is 45.1 Å². The van der Waals surface area contributed by atoms with Crippen LogP contribution in [0.25, 0.3) is 15.9 Å². The van der Waals surface area contributed by atoms with Crippen LogP contribution in [0.2, 0.25) is 0 Å². The largest absolute Gasteiger partial charge is 0.287 e. The molecule has 0 bridgehead atoms. The minimum Gasteiger partial charge on any atom is -0.287 e. The van der Waals surface area contributed by atoms with E-state index in [1.807, 2.05) is 31.2 Å². The Morgan fingerprint density at radius 2 is 1.97 bits per heavy atom. The Kier molecular flexibility index (Phi) is 5.51. The standard InChI is InChI=1S/C20H21N5O2S2/c1-12(2)8-9-24-18(27)15-6-4-5-7-16(15)22-19(24)28-11-14-10-17(26)25-20(21-14)29-13(3)23-25/h4-7,10,12H,8-9,11H2,1-3H3.